The molecule has 1 atom stereocenters. The minimum absolute atomic E-state index is 0.214. The quantitative estimate of drug-likeness (QED) is 0.622. The van der Waals surface area contributed by atoms with Crippen LogP contribution in [0.1, 0.15) is 27.2 Å². The number of benzene rings is 1. The fraction of sp³-hybridized carbons (Fsp3) is 0.500. The number of ether oxygens (including phenoxy) is 1. The molecule has 0 aromatic heterocycles. The van der Waals surface area contributed by atoms with Crippen molar-refractivity contribution in [3.05, 3.63) is 24.3 Å². The summed E-state index contributed by atoms with van der Waals surface area (Å²) in [7, 11) is 0. The van der Waals surface area contributed by atoms with Crippen LogP contribution < -0.4 is 10.6 Å². The topological polar surface area (TPSA) is 55.6 Å². The smallest absolute Gasteiger partial charge is 0.328 e. The Morgan fingerprint density at radius 1 is 1.39 bits per heavy atom. The summed E-state index contributed by atoms with van der Waals surface area (Å²) in [6.07, 6.45) is 0.943. The zero-order valence-electron chi connectivity index (χ0n) is 11.3. The molecule has 0 aliphatic heterocycles. The number of nitrogen functional groups attached to an aromatic ring is 1. The van der Waals surface area contributed by atoms with E-state index in [0.29, 0.717) is 12.3 Å². The Kier molecular flexibility index (Phi) is 5.49. The highest BCUT2D eigenvalue weighted by atomic mass is 16.5. The molecule has 0 aliphatic carbocycles. The molecule has 4 nitrogen and oxygen atoms in total. The molecule has 100 valence electrons. The maximum Gasteiger partial charge on any atom is 0.328 e. The van der Waals surface area contributed by atoms with Gasteiger partial charge >= 0.3 is 5.97 Å². The fourth-order valence-corrected chi connectivity index (χ4v) is 1.90. The third-order valence-corrected chi connectivity index (χ3v) is 2.81. The molecule has 1 rings (SSSR count). The predicted octanol–water partition coefficient (Wildman–Crippen LogP) is 2.44. The van der Waals surface area contributed by atoms with Gasteiger partial charge < -0.3 is 15.4 Å². The molecule has 1 aromatic carbocycles. The standard InChI is InChI=1S/C14H22N2O2/c1-4-10-16(11(3)14(17)18-5-2)13-9-7-6-8-12(13)15/h6-9,11H,4-5,10,15H2,1-3H3. The molecule has 4 heteroatoms. The van der Waals surface area contributed by atoms with Gasteiger partial charge in [-0.15, -0.1) is 0 Å². The predicted molar refractivity (Wildman–Crippen MR) is 74.6 cm³/mol. The highest BCUT2D eigenvalue weighted by Gasteiger charge is 2.23. The number of esters is 1. The summed E-state index contributed by atoms with van der Waals surface area (Å²) in [5.41, 5.74) is 7.54. The molecule has 0 heterocycles. The summed E-state index contributed by atoms with van der Waals surface area (Å²) in [5.74, 6) is -0.214. The van der Waals surface area contributed by atoms with E-state index in [9.17, 15) is 4.79 Å². The minimum Gasteiger partial charge on any atom is -0.464 e. The Hall–Kier alpha value is -1.71. The maximum atomic E-state index is 11.8. The van der Waals surface area contributed by atoms with E-state index in [1.54, 1.807) is 0 Å². The number of nitrogens with zero attached hydrogens (tertiary/aromatic N) is 1. The maximum absolute atomic E-state index is 11.8. The lowest BCUT2D eigenvalue weighted by atomic mass is 10.2. The molecule has 0 amide bonds. The molecular weight excluding hydrogens is 228 g/mol. The van der Waals surface area contributed by atoms with Crippen molar-refractivity contribution >= 4 is 17.3 Å². The van der Waals surface area contributed by atoms with Crippen LogP contribution in [0.3, 0.4) is 0 Å². The number of nitrogens with two attached hydrogens (primary N) is 1. The van der Waals surface area contributed by atoms with Crippen molar-refractivity contribution in [2.45, 2.75) is 33.2 Å². The summed E-state index contributed by atoms with van der Waals surface area (Å²) in [5, 5.41) is 0. The summed E-state index contributed by atoms with van der Waals surface area (Å²) in [6.45, 7) is 6.90. The van der Waals surface area contributed by atoms with Gasteiger partial charge in [0.1, 0.15) is 6.04 Å². The average Bonchev–Trinajstić information content (AvgIpc) is 2.36. The lowest BCUT2D eigenvalue weighted by Gasteiger charge is -2.30. The van der Waals surface area contributed by atoms with Gasteiger partial charge in [0.05, 0.1) is 18.0 Å². The zero-order valence-corrected chi connectivity index (χ0v) is 11.3. The van der Waals surface area contributed by atoms with Crippen LogP contribution in [0.4, 0.5) is 11.4 Å². The van der Waals surface area contributed by atoms with Gasteiger partial charge in [-0.25, -0.2) is 4.79 Å². The highest BCUT2D eigenvalue weighted by molar-refractivity contribution is 5.82. The van der Waals surface area contributed by atoms with Crippen LogP contribution in [-0.2, 0) is 9.53 Å². The van der Waals surface area contributed by atoms with Crippen LogP contribution in [0.15, 0.2) is 24.3 Å². The van der Waals surface area contributed by atoms with Gasteiger partial charge in [0.25, 0.3) is 0 Å². The molecule has 0 bridgehead atoms. The molecule has 0 radical (unpaired) electrons. The summed E-state index contributed by atoms with van der Waals surface area (Å²) < 4.78 is 5.07. The van der Waals surface area contributed by atoms with Crippen molar-refractivity contribution in [1.82, 2.24) is 0 Å². The van der Waals surface area contributed by atoms with Gasteiger partial charge in [0, 0.05) is 6.54 Å². The molecule has 2 N–H and O–H groups in total. The van der Waals surface area contributed by atoms with Crippen molar-refractivity contribution in [3.8, 4) is 0 Å². The van der Waals surface area contributed by atoms with E-state index in [0.717, 1.165) is 18.7 Å². The minimum atomic E-state index is -0.324. The number of carbonyl (C=O) groups is 1. The third kappa shape index (κ3) is 3.39. The first-order valence-corrected chi connectivity index (χ1v) is 6.39. The number of hydrogen-bond donors (Lipinski definition) is 1. The number of para-hydroxylation sites is 2. The first kappa shape index (κ1) is 14.4. The number of anilines is 2. The Bertz CT molecular complexity index is 393. The molecule has 1 unspecified atom stereocenters. The van der Waals surface area contributed by atoms with E-state index in [1.807, 2.05) is 43.0 Å². The van der Waals surface area contributed by atoms with E-state index in [2.05, 4.69) is 6.92 Å². The first-order chi connectivity index (χ1) is 8.61. The second-order valence-electron chi connectivity index (χ2n) is 4.18. The Labute approximate surface area is 109 Å². The van der Waals surface area contributed by atoms with Crippen LogP contribution in [0.2, 0.25) is 0 Å². The van der Waals surface area contributed by atoms with Crippen molar-refractivity contribution in [2.75, 3.05) is 23.8 Å². The van der Waals surface area contributed by atoms with Gasteiger partial charge in [-0.2, -0.15) is 0 Å². The highest BCUT2D eigenvalue weighted by Crippen LogP contribution is 2.25. The van der Waals surface area contributed by atoms with Crippen LogP contribution in [-0.4, -0.2) is 25.2 Å². The van der Waals surface area contributed by atoms with E-state index in [4.69, 9.17) is 10.5 Å². The average molecular weight is 250 g/mol. The van der Waals surface area contributed by atoms with E-state index in [-0.39, 0.29) is 12.0 Å². The monoisotopic (exact) mass is 250 g/mol. The Balaban J connectivity index is 2.95. The molecule has 0 saturated heterocycles. The van der Waals surface area contributed by atoms with Crippen LogP contribution in [0.5, 0.6) is 0 Å². The SMILES string of the molecule is CCCN(c1ccccc1N)C(C)C(=O)OCC. The first-order valence-electron chi connectivity index (χ1n) is 6.39. The Morgan fingerprint density at radius 3 is 2.61 bits per heavy atom. The molecule has 0 fully saturated rings. The summed E-state index contributed by atoms with van der Waals surface area (Å²) >= 11 is 0. The van der Waals surface area contributed by atoms with E-state index >= 15 is 0 Å². The van der Waals surface area contributed by atoms with Crippen molar-refractivity contribution in [2.24, 2.45) is 0 Å². The number of rotatable bonds is 6. The molecule has 1 aromatic rings. The second-order valence-corrected chi connectivity index (χ2v) is 4.18. The largest absolute Gasteiger partial charge is 0.464 e. The lowest BCUT2D eigenvalue weighted by molar-refractivity contribution is -0.144. The van der Waals surface area contributed by atoms with Gasteiger partial charge in [-0.3, -0.25) is 0 Å². The van der Waals surface area contributed by atoms with E-state index < -0.39 is 0 Å². The molecule has 0 aliphatic rings. The van der Waals surface area contributed by atoms with Gasteiger partial charge in [-0.05, 0) is 32.4 Å². The molecule has 0 saturated carbocycles. The molecular formula is C14H22N2O2. The van der Waals surface area contributed by atoms with Crippen molar-refractivity contribution < 1.29 is 9.53 Å². The van der Waals surface area contributed by atoms with Gasteiger partial charge in [0.2, 0.25) is 0 Å². The van der Waals surface area contributed by atoms with E-state index in [1.165, 1.54) is 0 Å². The zero-order chi connectivity index (χ0) is 13.5. The Morgan fingerprint density at radius 2 is 2.06 bits per heavy atom. The van der Waals surface area contributed by atoms with Crippen molar-refractivity contribution in [1.29, 1.82) is 0 Å². The van der Waals surface area contributed by atoms with Gasteiger partial charge in [-0.1, -0.05) is 19.1 Å². The fourth-order valence-electron chi connectivity index (χ4n) is 1.90. The normalized spacial score (nSPS) is 11.9. The lowest BCUT2D eigenvalue weighted by Crippen LogP contribution is -2.41. The van der Waals surface area contributed by atoms with Crippen LogP contribution >= 0.6 is 0 Å². The van der Waals surface area contributed by atoms with Crippen LogP contribution in [0, 0.1) is 0 Å². The molecule has 0 spiro atoms. The summed E-state index contributed by atoms with van der Waals surface area (Å²) in [4.78, 5) is 13.8. The number of hydrogen-bond acceptors (Lipinski definition) is 4. The third-order valence-electron chi connectivity index (χ3n) is 2.81. The molecule has 18 heavy (non-hydrogen) atoms. The summed E-state index contributed by atoms with van der Waals surface area (Å²) in [6, 6.07) is 7.26. The number of carbonyl (C=O) groups excluding carboxylic acids is 1. The second kappa shape index (κ2) is 6.89. The van der Waals surface area contributed by atoms with Gasteiger partial charge in [0.15, 0.2) is 0 Å². The van der Waals surface area contributed by atoms with Crippen LogP contribution in [0.25, 0.3) is 0 Å². The van der Waals surface area contributed by atoms with Crippen molar-refractivity contribution in [3.63, 3.8) is 0 Å².